The number of nitrogens with zero attached hydrogens (tertiary/aromatic N) is 2. The van der Waals surface area contributed by atoms with E-state index in [-0.39, 0.29) is 12.4 Å². The zero-order valence-electron chi connectivity index (χ0n) is 19.6. The minimum atomic E-state index is -0.421. The van der Waals surface area contributed by atoms with E-state index in [9.17, 15) is 4.79 Å². The van der Waals surface area contributed by atoms with Crippen LogP contribution in [0.2, 0.25) is 0 Å². The SMILES string of the molecule is Cc1cc(/C=N/NC(=O)c2ccc(COc3ccccc3)o2)c(C)n1-c1ccc2ccccc2c1. The van der Waals surface area contributed by atoms with E-state index in [0.717, 1.165) is 28.4 Å². The topological polar surface area (TPSA) is 68.8 Å². The first kappa shape index (κ1) is 22.2. The van der Waals surface area contributed by atoms with Gasteiger partial charge in [-0.15, -0.1) is 0 Å². The fourth-order valence-corrected chi connectivity index (χ4v) is 4.10. The smallest absolute Gasteiger partial charge is 0.307 e. The average Bonchev–Trinajstić information content (AvgIpc) is 3.47. The lowest BCUT2D eigenvalue weighted by Crippen LogP contribution is -2.16. The van der Waals surface area contributed by atoms with Crippen molar-refractivity contribution in [1.82, 2.24) is 9.99 Å². The number of aromatic nitrogens is 1. The molecule has 5 rings (SSSR count). The van der Waals surface area contributed by atoms with E-state index in [2.05, 4.69) is 52.3 Å². The average molecular weight is 464 g/mol. The Kier molecular flexibility index (Phi) is 6.18. The summed E-state index contributed by atoms with van der Waals surface area (Å²) in [4.78, 5) is 12.5. The predicted molar refractivity (Wildman–Crippen MR) is 137 cm³/mol. The first-order chi connectivity index (χ1) is 17.1. The number of carbonyl (C=O) groups excluding carboxylic acids is 1. The number of hydrogen-bond donors (Lipinski definition) is 1. The summed E-state index contributed by atoms with van der Waals surface area (Å²) in [5.41, 5.74) is 6.67. The quantitative estimate of drug-likeness (QED) is 0.231. The number of fused-ring (bicyclic) bond motifs is 1. The lowest BCUT2D eigenvalue weighted by atomic mass is 10.1. The highest BCUT2D eigenvalue weighted by Crippen LogP contribution is 2.23. The van der Waals surface area contributed by atoms with Crippen LogP contribution in [0, 0.1) is 13.8 Å². The van der Waals surface area contributed by atoms with Gasteiger partial charge in [0.1, 0.15) is 18.1 Å². The van der Waals surface area contributed by atoms with Gasteiger partial charge < -0.3 is 13.7 Å². The van der Waals surface area contributed by atoms with Crippen molar-refractivity contribution in [2.45, 2.75) is 20.5 Å². The Balaban J connectivity index is 1.25. The van der Waals surface area contributed by atoms with Gasteiger partial charge in [-0.2, -0.15) is 5.10 Å². The van der Waals surface area contributed by atoms with Crippen molar-refractivity contribution in [3.8, 4) is 11.4 Å². The maximum atomic E-state index is 12.5. The van der Waals surface area contributed by atoms with Gasteiger partial charge >= 0.3 is 5.91 Å². The number of aryl methyl sites for hydroxylation is 1. The molecule has 0 unspecified atom stereocenters. The maximum Gasteiger partial charge on any atom is 0.307 e. The molecule has 0 radical (unpaired) electrons. The van der Waals surface area contributed by atoms with Crippen LogP contribution in [0.15, 0.2) is 101 Å². The second-order valence-electron chi connectivity index (χ2n) is 8.26. The first-order valence-electron chi connectivity index (χ1n) is 11.4. The minimum absolute atomic E-state index is 0.176. The van der Waals surface area contributed by atoms with Crippen molar-refractivity contribution >= 4 is 22.9 Å². The third-order valence-corrected chi connectivity index (χ3v) is 5.84. The minimum Gasteiger partial charge on any atom is -0.486 e. The fraction of sp³-hybridized carbons (Fsp3) is 0.103. The zero-order valence-corrected chi connectivity index (χ0v) is 19.6. The van der Waals surface area contributed by atoms with E-state index in [0.29, 0.717) is 5.76 Å². The standard InChI is InChI=1S/C29H25N3O3/c1-20-16-24(21(2)32(20)25-13-12-22-8-6-7-9-23(22)17-25)18-30-31-29(33)28-15-14-27(35-28)19-34-26-10-4-3-5-11-26/h3-18H,19H2,1-2H3,(H,31,33)/b30-18+. The highest BCUT2D eigenvalue weighted by Gasteiger charge is 2.12. The Hall–Kier alpha value is -4.58. The molecule has 0 saturated heterocycles. The molecule has 2 aromatic heterocycles. The van der Waals surface area contributed by atoms with E-state index in [1.54, 1.807) is 18.3 Å². The third-order valence-electron chi connectivity index (χ3n) is 5.84. The summed E-state index contributed by atoms with van der Waals surface area (Å²) in [6.07, 6.45) is 1.65. The van der Waals surface area contributed by atoms with Crippen LogP contribution >= 0.6 is 0 Å². The maximum absolute atomic E-state index is 12.5. The van der Waals surface area contributed by atoms with Gasteiger partial charge in [-0.1, -0.05) is 48.5 Å². The molecule has 0 fully saturated rings. The van der Waals surface area contributed by atoms with Gasteiger partial charge in [0.15, 0.2) is 5.76 Å². The molecule has 0 bridgehead atoms. The molecule has 1 N–H and O–H groups in total. The van der Waals surface area contributed by atoms with E-state index in [4.69, 9.17) is 9.15 Å². The van der Waals surface area contributed by atoms with Crippen LogP contribution in [0.5, 0.6) is 5.75 Å². The fourth-order valence-electron chi connectivity index (χ4n) is 4.10. The van der Waals surface area contributed by atoms with Crippen molar-refractivity contribution in [2.75, 3.05) is 0 Å². The second kappa shape index (κ2) is 9.73. The summed E-state index contributed by atoms with van der Waals surface area (Å²) in [6.45, 7) is 4.33. The number of carbonyl (C=O) groups is 1. The molecule has 0 aliphatic rings. The number of hydrogen-bond acceptors (Lipinski definition) is 4. The zero-order chi connectivity index (χ0) is 24.2. The molecular formula is C29H25N3O3. The number of hydrazone groups is 1. The van der Waals surface area contributed by atoms with Crippen molar-refractivity contribution in [2.24, 2.45) is 5.10 Å². The third kappa shape index (κ3) is 4.87. The van der Waals surface area contributed by atoms with E-state index >= 15 is 0 Å². The lowest BCUT2D eigenvalue weighted by molar-refractivity contribution is 0.0923. The molecule has 0 atom stereocenters. The van der Waals surface area contributed by atoms with Crippen molar-refractivity contribution < 1.29 is 13.9 Å². The summed E-state index contributed by atoms with van der Waals surface area (Å²) in [5.74, 6) is 1.05. The predicted octanol–water partition coefficient (Wildman–Crippen LogP) is 6.18. The molecule has 2 heterocycles. The largest absolute Gasteiger partial charge is 0.486 e. The lowest BCUT2D eigenvalue weighted by Gasteiger charge is -2.11. The van der Waals surface area contributed by atoms with Crippen LogP contribution in [-0.4, -0.2) is 16.7 Å². The van der Waals surface area contributed by atoms with Crippen LogP contribution in [0.4, 0.5) is 0 Å². The molecule has 174 valence electrons. The molecule has 5 aromatic rings. The summed E-state index contributed by atoms with van der Waals surface area (Å²) in [5, 5.41) is 6.54. The van der Waals surface area contributed by atoms with Crippen LogP contribution in [0.3, 0.4) is 0 Å². The number of nitrogens with one attached hydrogen (secondary N) is 1. The molecule has 0 saturated carbocycles. The van der Waals surface area contributed by atoms with Gasteiger partial charge in [0, 0.05) is 22.6 Å². The van der Waals surface area contributed by atoms with E-state index < -0.39 is 5.91 Å². The molecule has 0 spiro atoms. The second-order valence-corrected chi connectivity index (χ2v) is 8.26. The Morgan fingerprint density at radius 1 is 0.943 bits per heavy atom. The number of ether oxygens (including phenoxy) is 1. The Morgan fingerprint density at radius 2 is 1.71 bits per heavy atom. The number of amides is 1. The Labute approximate surface area is 203 Å². The molecule has 35 heavy (non-hydrogen) atoms. The highest BCUT2D eigenvalue weighted by atomic mass is 16.5. The van der Waals surface area contributed by atoms with Gasteiger partial charge in [-0.25, -0.2) is 5.43 Å². The van der Waals surface area contributed by atoms with Gasteiger partial charge in [0.05, 0.1) is 6.21 Å². The highest BCUT2D eigenvalue weighted by molar-refractivity contribution is 5.92. The molecule has 3 aromatic carbocycles. The number of furan rings is 1. The number of benzene rings is 3. The van der Waals surface area contributed by atoms with Crippen LogP contribution < -0.4 is 10.2 Å². The van der Waals surface area contributed by atoms with Crippen LogP contribution in [-0.2, 0) is 6.61 Å². The molecule has 0 aliphatic heterocycles. The molecule has 1 amide bonds. The molecule has 0 aliphatic carbocycles. The van der Waals surface area contributed by atoms with Crippen molar-refractivity contribution in [1.29, 1.82) is 0 Å². The van der Waals surface area contributed by atoms with Gasteiger partial charge in [-0.05, 0) is 67.1 Å². The summed E-state index contributed by atoms with van der Waals surface area (Å²) >= 11 is 0. The summed E-state index contributed by atoms with van der Waals surface area (Å²) in [6, 6.07) is 29.5. The van der Waals surface area contributed by atoms with Crippen LogP contribution in [0.25, 0.3) is 16.5 Å². The van der Waals surface area contributed by atoms with E-state index in [1.807, 2.05) is 55.5 Å². The normalized spacial score (nSPS) is 11.3. The Bertz CT molecular complexity index is 1510. The van der Waals surface area contributed by atoms with Crippen molar-refractivity contribution in [3.05, 3.63) is 119 Å². The molecule has 6 heteroatoms. The van der Waals surface area contributed by atoms with Gasteiger partial charge in [-0.3, -0.25) is 4.79 Å². The monoisotopic (exact) mass is 463 g/mol. The number of para-hydroxylation sites is 1. The van der Waals surface area contributed by atoms with Gasteiger partial charge in [0.2, 0.25) is 0 Å². The van der Waals surface area contributed by atoms with Crippen molar-refractivity contribution in [3.63, 3.8) is 0 Å². The van der Waals surface area contributed by atoms with Crippen LogP contribution in [0.1, 0.15) is 33.3 Å². The molecular weight excluding hydrogens is 438 g/mol. The summed E-state index contributed by atoms with van der Waals surface area (Å²) in [7, 11) is 0. The van der Waals surface area contributed by atoms with Gasteiger partial charge in [0.25, 0.3) is 0 Å². The summed E-state index contributed by atoms with van der Waals surface area (Å²) < 4.78 is 13.4. The number of rotatable bonds is 7. The van der Waals surface area contributed by atoms with E-state index in [1.165, 1.54) is 10.8 Å². The first-order valence-corrected chi connectivity index (χ1v) is 11.4. The molecule has 6 nitrogen and oxygen atoms in total. The Morgan fingerprint density at radius 3 is 2.54 bits per heavy atom.